The summed E-state index contributed by atoms with van der Waals surface area (Å²) in [5.41, 5.74) is 1.96. The Bertz CT molecular complexity index is 1480. The second-order valence-electron chi connectivity index (χ2n) is 8.15. The summed E-state index contributed by atoms with van der Waals surface area (Å²) in [6.45, 7) is 0. The van der Waals surface area contributed by atoms with Crippen LogP contribution in [0.4, 0.5) is 0 Å². The average molecular weight is 439 g/mol. The van der Waals surface area contributed by atoms with Gasteiger partial charge in [-0.1, -0.05) is 109 Å². The Balaban J connectivity index is 1.43. The molecule has 0 heterocycles. The number of para-hydroxylation sites is 2. The van der Waals surface area contributed by atoms with E-state index in [4.69, 9.17) is 9.47 Å². The molecular weight excluding hydrogens is 416 g/mol. The van der Waals surface area contributed by atoms with Crippen molar-refractivity contribution in [1.82, 2.24) is 0 Å². The highest BCUT2D eigenvalue weighted by Gasteiger charge is 2.14. The summed E-state index contributed by atoms with van der Waals surface area (Å²) < 4.78 is 13.0. The summed E-state index contributed by atoms with van der Waals surface area (Å²) in [6, 6.07) is 45.0. The van der Waals surface area contributed by atoms with Gasteiger partial charge in [0.25, 0.3) is 0 Å². The maximum absolute atomic E-state index is 6.50. The molecule has 0 aliphatic heterocycles. The van der Waals surface area contributed by atoms with E-state index in [9.17, 15) is 0 Å². The van der Waals surface area contributed by atoms with E-state index in [2.05, 4.69) is 48.5 Å². The van der Waals surface area contributed by atoms with E-state index in [0.717, 1.165) is 55.7 Å². The van der Waals surface area contributed by atoms with E-state index in [1.54, 1.807) is 0 Å². The fraction of sp³-hybridized carbons (Fsp3) is 0. The lowest BCUT2D eigenvalue weighted by atomic mass is 10.0. The van der Waals surface area contributed by atoms with Crippen LogP contribution in [0.5, 0.6) is 23.0 Å². The van der Waals surface area contributed by atoms with Crippen molar-refractivity contribution in [2.24, 2.45) is 0 Å². The first kappa shape index (κ1) is 20.1. The molecule has 2 nitrogen and oxygen atoms in total. The van der Waals surface area contributed by atoms with E-state index in [1.165, 1.54) is 0 Å². The highest BCUT2D eigenvalue weighted by molar-refractivity contribution is 5.90. The van der Waals surface area contributed by atoms with E-state index in [-0.39, 0.29) is 0 Å². The van der Waals surface area contributed by atoms with Crippen LogP contribution in [0.1, 0.15) is 0 Å². The normalized spacial score (nSPS) is 10.9. The van der Waals surface area contributed by atoms with Gasteiger partial charge in [0.2, 0.25) is 0 Å². The molecule has 0 saturated heterocycles. The lowest BCUT2D eigenvalue weighted by molar-refractivity contribution is 0.483. The van der Waals surface area contributed by atoms with Crippen LogP contribution in [0.25, 0.3) is 32.7 Å². The molecule has 2 heteroatoms. The van der Waals surface area contributed by atoms with Gasteiger partial charge >= 0.3 is 0 Å². The molecule has 0 spiro atoms. The Labute approximate surface area is 198 Å². The molecule has 0 aromatic heterocycles. The molecule has 6 rings (SSSR count). The minimum atomic E-state index is 0.785. The number of rotatable bonds is 5. The first-order chi connectivity index (χ1) is 16.9. The van der Waals surface area contributed by atoms with Gasteiger partial charge in [-0.2, -0.15) is 0 Å². The van der Waals surface area contributed by atoms with Crippen molar-refractivity contribution in [3.05, 3.63) is 133 Å². The summed E-state index contributed by atoms with van der Waals surface area (Å²) in [7, 11) is 0. The second-order valence-corrected chi connectivity index (χ2v) is 8.15. The summed E-state index contributed by atoms with van der Waals surface area (Å²) in [5.74, 6) is 3.23. The smallest absolute Gasteiger partial charge is 0.135 e. The quantitative estimate of drug-likeness (QED) is 0.267. The molecule has 0 amide bonds. The van der Waals surface area contributed by atoms with Crippen LogP contribution in [-0.4, -0.2) is 0 Å². The molecule has 0 bridgehead atoms. The summed E-state index contributed by atoms with van der Waals surface area (Å²) in [5, 5.41) is 4.47. The van der Waals surface area contributed by atoms with Crippen molar-refractivity contribution in [1.29, 1.82) is 0 Å². The Morgan fingerprint density at radius 2 is 0.647 bits per heavy atom. The van der Waals surface area contributed by atoms with Gasteiger partial charge in [0.15, 0.2) is 0 Å². The Morgan fingerprint density at radius 1 is 0.294 bits per heavy atom. The van der Waals surface area contributed by atoms with Crippen LogP contribution in [0.15, 0.2) is 133 Å². The molecule has 0 saturated carbocycles. The number of fused-ring (bicyclic) bond motifs is 2. The van der Waals surface area contributed by atoms with Gasteiger partial charge in [0.1, 0.15) is 23.0 Å². The SMILES string of the molecule is c1ccc(-c2ccccc2Oc2cccc3ccccc23)c(Oc2cccc3ccccc23)c1. The zero-order valence-corrected chi connectivity index (χ0v) is 18.5. The van der Waals surface area contributed by atoms with Gasteiger partial charge in [-0.3, -0.25) is 0 Å². The maximum atomic E-state index is 6.50. The largest absolute Gasteiger partial charge is 0.456 e. The Hall–Kier alpha value is -4.56. The number of benzene rings is 6. The predicted octanol–water partition coefficient (Wildman–Crippen LogP) is 9.24. The first-order valence-electron chi connectivity index (χ1n) is 11.4. The van der Waals surface area contributed by atoms with Crippen LogP contribution in [-0.2, 0) is 0 Å². The zero-order chi connectivity index (χ0) is 22.7. The first-order valence-corrected chi connectivity index (χ1v) is 11.4. The lowest BCUT2D eigenvalue weighted by Crippen LogP contribution is -1.93. The average Bonchev–Trinajstić information content (AvgIpc) is 2.90. The van der Waals surface area contributed by atoms with Crippen LogP contribution in [0, 0.1) is 0 Å². The van der Waals surface area contributed by atoms with E-state index >= 15 is 0 Å². The monoisotopic (exact) mass is 438 g/mol. The van der Waals surface area contributed by atoms with Gasteiger partial charge < -0.3 is 9.47 Å². The summed E-state index contributed by atoms with van der Waals surface area (Å²) in [6.07, 6.45) is 0. The third kappa shape index (κ3) is 3.76. The van der Waals surface area contributed by atoms with Crippen molar-refractivity contribution >= 4 is 21.5 Å². The number of hydrogen-bond donors (Lipinski definition) is 0. The molecule has 162 valence electrons. The topological polar surface area (TPSA) is 18.5 Å². The standard InChI is InChI=1S/C32H22O2/c1-3-15-25-23(11-1)13-9-21-29(25)33-31-19-7-5-17-27(31)28-18-6-8-20-32(28)34-30-22-10-14-24-12-2-4-16-26(24)30/h1-22H. The van der Waals surface area contributed by atoms with Crippen LogP contribution < -0.4 is 9.47 Å². The van der Waals surface area contributed by atoms with Gasteiger partial charge in [0, 0.05) is 21.9 Å². The molecular formula is C32H22O2. The fourth-order valence-electron chi connectivity index (χ4n) is 4.36. The molecule has 0 aliphatic carbocycles. The van der Waals surface area contributed by atoms with Crippen LogP contribution in [0.2, 0.25) is 0 Å². The minimum absolute atomic E-state index is 0.785. The Kier molecular flexibility index (Phi) is 5.17. The zero-order valence-electron chi connectivity index (χ0n) is 18.5. The van der Waals surface area contributed by atoms with Crippen molar-refractivity contribution in [3.8, 4) is 34.1 Å². The van der Waals surface area contributed by atoms with Gasteiger partial charge in [-0.15, -0.1) is 0 Å². The summed E-state index contributed by atoms with van der Waals surface area (Å²) >= 11 is 0. The highest BCUT2D eigenvalue weighted by atomic mass is 16.5. The van der Waals surface area contributed by atoms with Crippen molar-refractivity contribution in [2.75, 3.05) is 0 Å². The molecule has 0 atom stereocenters. The van der Waals surface area contributed by atoms with Gasteiger partial charge in [0.05, 0.1) is 0 Å². The molecule has 6 aromatic rings. The third-order valence-corrected chi connectivity index (χ3v) is 6.00. The van der Waals surface area contributed by atoms with Crippen molar-refractivity contribution in [3.63, 3.8) is 0 Å². The molecule has 0 radical (unpaired) electrons. The number of hydrogen-bond acceptors (Lipinski definition) is 2. The van der Waals surface area contributed by atoms with Crippen LogP contribution >= 0.6 is 0 Å². The molecule has 0 N–H and O–H groups in total. The molecule has 0 fully saturated rings. The molecule has 6 aromatic carbocycles. The predicted molar refractivity (Wildman–Crippen MR) is 140 cm³/mol. The minimum Gasteiger partial charge on any atom is -0.456 e. The molecule has 0 aliphatic rings. The second kappa shape index (κ2) is 8.76. The summed E-state index contributed by atoms with van der Waals surface area (Å²) in [4.78, 5) is 0. The van der Waals surface area contributed by atoms with Gasteiger partial charge in [-0.05, 0) is 35.0 Å². The number of ether oxygens (including phenoxy) is 2. The maximum Gasteiger partial charge on any atom is 0.135 e. The van der Waals surface area contributed by atoms with Gasteiger partial charge in [-0.25, -0.2) is 0 Å². The highest BCUT2D eigenvalue weighted by Crippen LogP contribution is 2.41. The third-order valence-electron chi connectivity index (χ3n) is 6.00. The van der Waals surface area contributed by atoms with E-state index < -0.39 is 0 Å². The fourth-order valence-corrected chi connectivity index (χ4v) is 4.36. The molecule has 0 unspecified atom stereocenters. The lowest BCUT2D eigenvalue weighted by Gasteiger charge is -2.16. The van der Waals surface area contributed by atoms with Crippen LogP contribution in [0.3, 0.4) is 0 Å². The van der Waals surface area contributed by atoms with Crippen molar-refractivity contribution in [2.45, 2.75) is 0 Å². The van der Waals surface area contributed by atoms with E-state index in [1.807, 2.05) is 84.9 Å². The Morgan fingerprint density at radius 3 is 1.15 bits per heavy atom. The van der Waals surface area contributed by atoms with Crippen molar-refractivity contribution < 1.29 is 9.47 Å². The molecule has 34 heavy (non-hydrogen) atoms. The van der Waals surface area contributed by atoms with E-state index in [0.29, 0.717) is 0 Å².